The summed E-state index contributed by atoms with van der Waals surface area (Å²) < 4.78 is 31.6. The molecule has 0 aromatic heterocycles. The Bertz CT molecular complexity index is 603. The highest BCUT2D eigenvalue weighted by molar-refractivity contribution is 7.79. The van der Waals surface area contributed by atoms with Gasteiger partial charge in [-0.1, -0.05) is 25.3 Å². The van der Waals surface area contributed by atoms with Crippen molar-refractivity contribution in [3.05, 3.63) is 29.3 Å². The number of phenolic OH excluding ortho intramolecular Hbond substituents is 1. The number of phenols is 1. The second kappa shape index (κ2) is 8.08. The lowest BCUT2D eigenvalue weighted by molar-refractivity contribution is 0.0950. The van der Waals surface area contributed by atoms with Crippen LogP contribution in [0, 0.1) is 0 Å². The van der Waals surface area contributed by atoms with E-state index in [1.165, 1.54) is 19.3 Å². The van der Waals surface area contributed by atoms with Crippen LogP contribution in [0.4, 0.5) is 0 Å². The van der Waals surface area contributed by atoms with Gasteiger partial charge in [-0.25, -0.2) is 5.84 Å². The van der Waals surface area contributed by atoms with Gasteiger partial charge in [0.15, 0.2) is 0 Å². The molecule has 1 aromatic carbocycles. The van der Waals surface area contributed by atoms with Crippen molar-refractivity contribution in [3.8, 4) is 5.75 Å². The van der Waals surface area contributed by atoms with Crippen molar-refractivity contribution in [1.82, 2.24) is 5.43 Å². The summed E-state index contributed by atoms with van der Waals surface area (Å²) in [5.41, 5.74) is 3.44. The number of hydrazine groups is 1. The number of carbonyl (C=O) groups is 1. The van der Waals surface area contributed by atoms with Crippen LogP contribution in [0.25, 0.3) is 0 Å². The molecule has 0 unspecified atom stereocenters. The summed E-state index contributed by atoms with van der Waals surface area (Å²) in [4.78, 5) is 11.5. The fourth-order valence-corrected chi connectivity index (χ4v) is 2.50. The van der Waals surface area contributed by atoms with Crippen LogP contribution < -0.4 is 11.3 Å². The number of amides is 1. The monoisotopic (exact) mass is 332 g/mol. The fourth-order valence-electron chi connectivity index (χ4n) is 2.50. The van der Waals surface area contributed by atoms with Crippen molar-refractivity contribution < 1.29 is 27.4 Å². The predicted octanol–water partition coefficient (Wildman–Crippen LogP) is 1.39. The van der Waals surface area contributed by atoms with Gasteiger partial charge in [-0.15, -0.1) is 0 Å². The Balaban J connectivity index is 0.000000422. The van der Waals surface area contributed by atoms with Crippen LogP contribution >= 0.6 is 0 Å². The van der Waals surface area contributed by atoms with Gasteiger partial charge in [-0.2, -0.15) is 8.42 Å². The van der Waals surface area contributed by atoms with Gasteiger partial charge in [0, 0.05) is 0 Å². The third-order valence-electron chi connectivity index (χ3n) is 3.47. The lowest BCUT2D eigenvalue weighted by Gasteiger charge is -2.22. The number of rotatable bonds is 2. The van der Waals surface area contributed by atoms with Crippen LogP contribution in [0.3, 0.4) is 0 Å². The Hall–Kier alpha value is -1.68. The van der Waals surface area contributed by atoms with Crippen LogP contribution in [0.2, 0.25) is 0 Å². The molecular weight excluding hydrogens is 312 g/mol. The maximum atomic E-state index is 11.5. The van der Waals surface area contributed by atoms with Crippen molar-refractivity contribution in [1.29, 1.82) is 0 Å². The van der Waals surface area contributed by atoms with E-state index in [-0.39, 0.29) is 11.3 Å². The summed E-state index contributed by atoms with van der Waals surface area (Å²) in [5, 5.41) is 9.62. The van der Waals surface area contributed by atoms with Crippen molar-refractivity contribution in [3.63, 3.8) is 0 Å². The van der Waals surface area contributed by atoms with Gasteiger partial charge in [-0.3, -0.25) is 19.3 Å². The van der Waals surface area contributed by atoms with Crippen molar-refractivity contribution in [2.75, 3.05) is 0 Å². The van der Waals surface area contributed by atoms with E-state index in [1.54, 1.807) is 12.1 Å². The van der Waals surface area contributed by atoms with Crippen LogP contribution in [0.15, 0.2) is 18.2 Å². The number of carbonyl (C=O) groups excluding carboxylic acids is 1. The molecule has 1 amide bonds. The molecule has 0 spiro atoms. The first-order chi connectivity index (χ1) is 10.2. The standard InChI is InChI=1S/C13H18N2O2.H2O4S/c14-15-13(17)11-8-10(6-7-12(11)16)9-4-2-1-3-5-9;1-5(2,3)4/h6-9,16H,1-5,14H2,(H,15,17);(H2,1,2,3,4). The summed E-state index contributed by atoms with van der Waals surface area (Å²) in [7, 11) is -4.67. The van der Waals surface area contributed by atoms with Gasteiger partial charge in [0.1, 0.15) is 5.75 Å². The normalized spacial score (nSPS) is 15.6. The third-order valence-corrected chi connectivity index (χ3v) is 3.47. The molecule has 0 saturated heterocycles. The Morgan fingerprint density at radius 3 is 2.23 bits per heavy atom. The van der Waals surface area contributed by atoms with E-state index < -0.39 is 16.3 Å². The van der Waals surface area contributed by atoms with Gasteiger partial charge in [-0.05, 0) is 36.5 Å². The minimum atomic E-state index is -4.67. The van der Waals surface area contributed by atoms with E-state index in [4.69, 9.17) is 23.4 Å². The summed E-state index contributed by atoms with van der Waals surface area (Å²) in [6, 6.07) is 5.24. The predicted molar refractivity (Wildman–Crippen MR) is 79.8 cm³/mol. The summed E-state index contributed by atoms with van der Waals surface area (Å²) in [5.74, 6) is 5.13. The highest BCUT2D eigenvalue weighted by Crippen LogP contribution is 2.34. The second-order valence-electron chi connectivity index (χ2n) is 5.03. The molecule has 8 nitrogen and oxygen atoms in total. The van der Waals surface area contributed by atoms with Crippen molar-refractivity contribution >= 4 is 16.3 Å². The van der Waals surface area contributed by atoms with E-state index in [2.05, 4.69) is 5.43 Å². The number of hydrogen-bond donors (Lipinski definition) is 5. The van der Waals surface area contributed by atoms with Crippen LogP contribution in [-0.2, 0) is 10.4 Å². The lowest BCUT2D eigenvalue weighted by Crippen LogP contribution is -2.30. The van der Waals surface area contributed by atoms with Crippen LogP contribution in [0.1, 0.15) is 53.9 Å². The molecule has 9 heteroatoms. The largest absolute Gasteiger partial charge is 0.507 e. The molecule has 1 aromatic rings. The third kappa shape index (κ3) is 6.39. The Morgan fingerprint density at radius 1 is 1.18 bits per heavy atom. The van der Waals surface area contributed by atoms with E-state index in [1.807, 2.05) is 6.07 Å². The van der Waals surface area contributed by atoms with Gasteiger partial charge < -0.3 is 5.11 Å². The van der Waals surface area contributed by atoms with Crippen LogP contribution in [-0.4, -0.2) is 28.5 Å². The Labute approximate surface area is 128 Å². The summed E-state index contributed by atoms with van der Waals surface area (Å²) in [6.07, 6.45) is 6.10. The number of nitrogens with one attached hydrogen (secondary N) is 1. The van der Waals surface area contributed by atoms with E-state index >= 15 is 0 Å². The highest BCUT2D eigenvalue weighted by Gasteiger charge is 2.18. The van der Waals surface area contributed by atoms with Gasteiger partial charge in [0.25, 0.3) is 5.91 Å². The molecular formula is C13H20N2O6S. The van der Waals surface area contributed by atoms with E-state index in [0.717, 1.165) is 18.4 Å². The molecule has 0 bridgehead atoms. The number of nitrogens with two attached hydrogens (primary N) is 1. The molecule has 0 atom stereocenters. The zero-order valence-electron chi connectivity index (χ0n) is 11.9. The number of aromatic hydroxyl groups is 1. The highest BCUT2D eigenvalue weighted by atomic mass is 32.3. The minimum Gasteiger partial charge on any atom is -0.507 e. The topological polar surface area (TPSA) is 150 Å². The molecule has 22 heavy (non-hydrogen) atoms. The number of hydrogen-bond acceptors (Lipinski definition) is 5. The zero-order valence-corrected chi connectivity index (χ0v) is 12.7. The minimum absolute atomic E-state index is 0.0208. The maximum absolute atomic E-state index is 11.5. The first-order valence-corrected chi connectivity index (χ1v) is 8.16. The first-order valence-electron chi connectivity index (χ1n) is 6.76. The fraction of sp³-hybridized carbons (Fsp3) is 0.462. The molecule has 124 valence electrons. The molecule has 1 saturated carbocycles. The molecule has 1 aliphatic carbocycles. The van der Waals surface area contributed by atoms with Gasteiger partial charge >= 0.3 is 10.4 Å². The van der Waals surface area contributed by atoms with Crippen molar-refractivity contribution in [2.45, 2.75) is 38.0 Å². The zero-order chi connectivity index (χ0) is 16.8. The van der Waals surface area contributed by atoms with E-state index in [0.29, 0.717) is 5.92 Å². The Morgan fingerprint density at radius 2 is 1.73 bits per heavy atom. The van der Waals surface area contributed by atoms with Gasteiger partial charge in [0.2, 0.25) is 0 Å². The lowest BCUT2D eigenvalue weighted by atomic mass is 9.83. The summed E-state index contributed by atoms with van der Waals surface area (Å²) >= 11 is 0. The molecule has 2 rings (SSSR count). The average molecular weight is 332 g/mol. The molecule has 0 radical (unpaired) electrons. The average Bonchev–Trinajstić information content (AvgIpc) is 2.46. The quantitative estimate of drug-likeness (QED) is 0.238. The number of benzene rings is 1. The SMILES string of the molecule is NNC(=O)c1cc(C2CCCCC2)ccc1O.O=S(=O)(O)O. The molecule has 1 aliphatic rings. The number of nitrogen functional groups attached to an aromatic ring is 1. The first kappa shape index (κ1) is 18.4. The van der Waals surface area contributed by atoms with Gasteiger partial charge in [0.05, 0.1) is 5.56 Å². The second-order valence-corrected chi connectivity index (χ2v) is 5.93. The van der Waals surface area contributed by atoms with Crippen LogP contribution in [0.5, 0.6) is 5.75 Å². The molecule has 6 N–H and O–H groups in total. The Kier molecular flexibility index (Phi) is 6.75. The molecule has 1 fully saturated rings. The maximum Gasteiger partial charge on any atom is 0.394 e. The van der Waals surface area contributed by atoms with E-state index in [9.17, 15) is 9.90 Å². The smallest absolute Gasteiger partial charge is 0.394 e. The van der Waals surface area contributed by atoms with Crippen molar-refractivity contribution in [2.24, 2.45) is 5.84 Å². The summed E-state index contributed by atoms with van der Waals surface area (Å²) in [6.45, 7) is 0. The molecule has 0 heterocycles. The molecule has 0 aliphatic heterocycles.